The molecule has 0 spiro atoms. The van der Waals surface area contributed by atoms with E-state index in [-0.39, 0.29) is 17.9 Å². The van der Waals surface area contributed by atoms with Crippen molar-refractivity contribution in [3.63, 3.8) is 0 Å². The van der Waals surface area contributed by atoms with E-state index in [0.717, 1.165) is 10.6 Å². The van der Waals surface area contributed by atoms with Crippen molar-refractivity contribution in [3.8, 4) is 10.6 Å². The number of carbonyl (C=O) groups is 1. The van der Waals surface area contributed by atoms with E-state index in [4.69, 9.17) is 0 Å². The summed E-state index contributed by atoms with van der Waals surface area (Å²) in [6.07, 6.45) is 3.42. The van der Waals surface area contributed by atoms with Crippen LogP contribution >= 0.6 is 22.7 Å². The fourth-order valence-corrected chi connectivity index (χ4v) is 3.58. The van der Waals surface area contributed by atoms with E-state index in [1.54, 1.807) is 28.4 Å². The normalized spacial score (nSPS) is 12.5. The van der Waals surface area contributed by atoms with Gasteiger partial charge in [0, 0.05) is 11.6 Å². The Kier molecular flexibility index (Phi) is 4.82. The van der Waals surface area contributed by atoms with Gasteiger partial charge in [-0.15, -0.1) is 27.8 Å². The fraction of sp³-hybridized carbons (Fsp3) is 0.333. The Morgan fingerprint density at radius 1 is 1.39 bits per heavy atom. The average molecular weight is 347 g/mol. The molecule has 8 heteroatoms. The van der Waals surface area contributed by atoms with Crippen LogP contribution in [0.25, 0.3) is 10.6 Å². The molecular weight excluding hydrogens is 330 g/mol. The first-order chi connectivity index (χ1) is 11.1. The van der Waals surface area contributed by atoms with Gasteiger partial charge >= 0.3 is 0 Å². The lowest BCUT2D eigenvalue weighted by atomic mass is 10.0. The van der Waals surface area contributed by atoms with Crippen molar-refractivity contribution in [1.82, 2.24) is 25.3 Å². The molecule has 0 bridgehead atoms. The Hall–Kier alpha value is -2.06. The summed E-state index contributed by atoms with van der Waals surface area (Å²) in [5, 5.41) is 15.2. The van der Waals surface area contributed by atoms with Crippen LogP contribution in [0.4, 0.5) is 0 Å². The molecule has 3 rings (SSSR count). The zero-order valence-electron chi connectivity index (χ0n) is 12.8. The van der Waals surface area contributed by atoms with Crippen LogP contribution < -0.4 is 5.32 Å². The molecule has 3 aromatic rings. The summed E-state index contributed by atoms with van der Waals surface area (Å²) in [5.74, 6) is 0.136. The van der Waals surface area contributed by atoms with Crippen LogP contribution in [0.15, 0.2) is 35.3 Å². The number of aromatic nitrogens is 4. The molecule has 0 saturated carbocycles. The molecule has 23 heavy (non-hydrogen) atoms. The standard InChI is InChI=1S/C15H17N5OS2/c1-10(2)11(8-20-6-5-16-19-20)17-14(21)15-18-12(9-23-15)13-4-3-7-22-13/h3-7,9-11H,8H2,1-2H3,(H,17,21). The second kappa shape index (κ2) is 7.01. The lowest BCUT2D eigenvalue weighted by Gasteiger charge is -2.21. The van der Waals surface area contributed by atoms with Gasteiger partial charge in [-0.05, 0) is 17.4 Å². The van der Waals surface area contributed by atoms with E-state index in [1.165, 1.54) is 11.3 Å². The number of hydrogen-bond donors (Lipinski definition) is 1. The molecule has 1 unspecified atom stereocenters. The number of rotatable bonds is 6. The van der Waals surface area contributed by atoms with E-state index in [2.05, 4.69) is 34.5 Å². The molecule has 3 aromatic heterocycles. The number of hydrogen-bond acceptors (Lipinski definition) is 6. The molecule has 0 fully saturated rings. The number of nitrogens with one attached hydrogen (secondary N) is 1. The Morgan fingerprint density at radius 3 is 2.91 bits per heavy atom. The summed E-state index contributed by atoms with van der Waals surface area (Å²) >= 11 is 2.98. The largest absolute Gasteiger partial charge is 0.345 e. The Balaban J connectivity index is 1.69. The maximum atomic E-state index is 12.5. The minimum absolute atomic E-state index is 0.0294. The highest BCUT2D eigenvalue weighted by Gasteiger charge is 2.20. The molecule has 6 nitrogen and oxygen atoms in total. The highest BCUT2D eigenvalue weighted by molar-refractivity contribution is 7.15. The highest BCUT2D eigenvalue weighted by atomic mass is 32.1. The average Bonchev–Trinajstić information content (AvgIpc) is 3.27. The summed E-state index contributed by atoms with van der Waals surface area (Å²) in [6, 6.07) is 3.95. The molecule has 1 amide bonds. The Bertz CT molecular complexity index is 749. The van der Waals surface area contributed by atoms with E-state index in [1.807, 2.05) is 22.9 Å². The predicted molar refractivity (Wildman–Crippen MR) is 91.5 cm³/mol. The van der Waals surface area contributed by atoms with Crippen molar-refractivity contribution >= 4 is 28.6 Å². The zero-order valence-corrected chi connectivity index (χ0v) is 14.5. The molecule has 0 radical (unpaired) electrons. The van der Waals surface area contributed by atoms with E-state index >= 15 is 0 Å². The summed E-state index contributed by atoms with van der Waals surface area (Å²) in [6.45, 7) is 4.73. The van der Waals surface area contributed by atoms with Gasteiger partial charge in [-0.2, -0.15) is 0 Å². The van der Waals surface area contributed by atoms with Crippen LogP contribution in [0.1, 0.15) is 23.6 Å². The van der Waals surface area contributed by atoms with Gasteiger partial charge in [-0.1, -0.05) is 25.1 Å². The van der Waals surface area contributed by atoms with Gasteiger partial charge in [-0.3, -0.25) is 9.48 Å². The summed E-state index contributed by atoms with van der Waals surface area (Å²) in [4.78, 5) is 18.0. The first-order valence-electron chi connectivity index (χ1n) is 7.28. The summed E-state index contributed by atoms with van der Waals surface area (Å²) in [7, 11) is 0. The molecule has 0 aliphatic carbocycles. The van der Waals surface area contributed by atoms with Crippen LogP contribution in [-0.4, -0.2) is 31.9 Å². The maximum absolute atomic E-state index is 12.5. The first-order valence-corrected chi connectivity index (χ1v) is 9.04. The third kappa shape index (κ3) is 3.83. The molecule has 0 saturated heterocycles. The number of nitrogens with zero attached hydrogens (tertiary/aromatic N) is 4. The second-order valence-corrected chi connectivity index (χ2v) is 7.27. The lowest BCUT2D eigenvalue weighted by Crippen LogP contribution is -2.41. The minimum Gasteiger partial charge on any atom is -0.345 e. The monoisotopic (exact) mass is 347 g/mol. The van der Waals surface area contributed by atoms with Gasteiger partial charge in [0.2, 0.25) is 0 Å². The van der Waals surface area contributed by atoms with Crippen LogP contribution in [-0.2, 0) is 6.54 Å². The Morgan fingerprint density at radius 2 is 2.26 bits per heavy atom. The van der Waals surface area contributed by atoms with Gasteiger partial charge in [-0.25, -0.2) is 4.98 Å². The van der Waals surface area contributed by atoms with Gasteiger partial charge in [0.05, 0.1) is 29.4 Å². The van der Waals surface area contributed by atoms with Gasteiger partial charge < -0.3 is 5.32 Å². The van der Waals surface area contributed by atoms with Crippen molar-refractivity contribution in [2.75, 3.05) is 0 Å². The van der Waals surface area contributed by atoms with Crippen molar-refractivity contribution in [2.24, 2.45) is 5.92 Å². The molecule has 3 heterocycles. The first kappa shape index (κ1) is 15.8. The zero-order chi connectivity index (χ0) is 16.2. The molecular formula is C15H17N5OS2. The number of amides is 1. The van der Waals surface area contributed by atoms with E-state index < -0.39 is 0 Å². The molecule has 0 aromatic carbocycles. The second-order valence-electron chi connectivity index (χ2n) is 5.46. The number of thiophene rings is 1. The molecule has 1 N–H and O–H groups in total. The predicted octanol–water partition coefficient (Wildman–Crippen LogP) is 2.92. The van der Waals surface area contributed by atoms with Crippen molar-refractivity contribution in [1.29, 1.82) is 0 Å². The number of thiazole rings is 1. The maximum Gasteiger partial charge on any atom is 0.280 e. The highest BCUT2D eigenvalue weighted by Crippen LogP contribution is 2.26. The third-order valence-corrected chi connectivity index (χ3v) is 5.18. The molecule has 120 valence electrons. The van der Waals surface area contributed by atoms with E-state index in [9.17, 15) is 4.79 Å². The molecule has 0 aliphatic rings. The quantitative estimate of drug-likeness (QED) is 0.744. The third-order valence-electron chi connectivity index (χ3n) is 3.45. The van der Waals surface area contributed by atoms with Gasteiger partial charge in [0.1, 0.15) is 0 Å². The van der Waals surface area contributed by atoms with Crippen molar-refractivity contribution < 1.29 is 4.79 Å². The van der Waals surface area contributed by atoms with Crippen molar-refractivity contribution in [3.05, 3.63) is 40.3 Å². The van der Waals surface area contributed by atoms with Crippen LogP contribution in [0.2, 0.25) is 0 Å². The summed E-state index contributed by atoms with van der Waals surface area (Å²) in [5.41, 5.74) is 0.854. The molecule has 0 aliphatic heterocycles. The van der Waals surface area contributed by atoms with Crippen molar-refractivity contribution in [2.45, 2.75) is 26.4 Å². The Labute approximate surface area is 142 Å². The van der Waals surface area contributed by atoms with E-state index in [0.29, 0.717) is 11.6 Å². The summed E-state index contributed by atoms with van der Waals surface area (Å²) < 4.78 is 1.73. The fourth-order valence-electron chi connectivity index (χ4n) is 2.10. The lowest BCUT2D eigenvalue weighted by molar-refractivity contribution is 0.0919. The SMILES string of the molecule is CC(C)C(Cn1ccnn1)NC(=O)c1nc(-c2cccs2)cs1. The number of carbonyl (C=O) groups excluding carboxylic acids is 1. The van der Waals surface area contributed by atoms with Gasteiger partial charge in [0.15, 0.2) is 5.01 Å². The van der Waals surface area contributed by atoms with Crippen LogP contribution in [0.5, 0.6) is 0 Å². The van der Waals surface area contributed by atoms with Crippen LogP contribution in [0.3, 0.4) is 0 Å². The minimum atomic E-state index is -0.142. The van der Waals surface area contributed by atoms with Crippen LogP contribution in [0, 0.1) is 5.92 Å². The smallest absolute Gasteiger partial charge is 0.280 e. The topological polar surface area (TPSA) is 72.7 Å². The molecule has 1 atom stereocenters. The van der Waals surface area contributed by atoms with Gasteiger partial charge in [0.25, 0.3) is 5.91 Å².